The van der Waals surface area contributed by atoms with Gasteiger partial charge in [0.2, 0.25) is 10.0 Å². The Morgan fingerprint density at radius 3 is 2.51 bits per heavy atom. The average molecular weight is 619 g/mol. The van der Waals surface area contributed by atoms with E-state index >= 15 is 4.39 Å². The minimum atomic E-state index is -4.01. The Bertz CT molecular complexity index is 1190. The summed E-state index contributed by atoms with van der Waals surface area (Å²) in [6.07, 6.45) is 6.63. The number of halogens is 2. The Kier molecular flexibility index (Phi) is 7.35. The summed E-state index contributed by atoms with van der Waals surface area (Å²) in [6, 6.07) is 0. The van der Waals surface area contributed by atoms with Crippen LogP contribution in [0.5, 0.6) is 0 Å². The van der Waals surface area contributed by atoms with Gasteiger partial charge in [-0.3, -0.25) is 9.52 Å². The molecule has 8 nitrogen and oxygen atoms in total. The van der Waals surface area contributed by atoms with E-state index in [4.69, 9.17) is 4.74 Å². The minimum absolute atomic E-state index is 0.126. The van der Waals surface area contributed by atoms with Gasteiger partial charge < -0.3 is 10.1 Å². The van der Waals surface area contributed by atoms with Gasteiger partial charge >= 0.3 is 6.09 Å². The number of carbonyl (C=O) groups is 2. The second kappa shape index (κ2) is 9.38. The molecule has 0 aromatic heterocycles. The van der Waals surface area contributed by atoms with Crippen LogP contribution < -0.4 is 10.0 Å². The van der Waals surface area contributed by atoms with Crippen LogP contribution in [-0.4, -0.2) is 47.6 Å². The molecule has 0 bridgehead atoms. The maximum absolute atomic E-state index is 16.4. The highest BCUT2D eigenvalue weighted by Crippen LogP contribution is 2.48. The standard InChI is InChI=1S/C24H31FIN3O5S/c1-7-11-24(12-13-24)35(32,33)28-18-17(26)15(2)20(30)23(6,19(18)25)29(16-10-8-9-14-27-16)21(31)34-22(3,4)5/h7-10,27-28H,1,11-14H2,2-6H3. The van der Waals surface area contributed by atoms with E-state index in [1.165, 1.54) is 26.0 Å². The highest BCUT2D eigenvalue weighted by molar-refractivity contribution is 14.1. The first-order valence-electron chi connectivity index (χ1n) is 11.2. The van der Waals surface area contributed by atoms with E-state index in [9.17, 15) is 18.0 Å². The number of Topliss-reactive ketones (excluding diaryl/α,β-unsaturated/α-hetero) is 1. The van der Waals surface area contributed by atoms with Crippen LogP contribution in [0.25, 0.3) is 0 Å². The highest BCUT2D eigenvalue weighted by Gasteiger charge is 2.57. The van der Waals surface area contributed by atoms with Gasteiger partial charge in [-0.1, -0.05) is 18.2 Å². The van der Waals surface area contributed by atoms with Crippen molar-refractivity contribution in [3.63, 3.8) is 0 Å². The summed E-state index contributed by atoms with van der Waals surface area (Å²) in [7, 11) is -4.01. The molecule has 0 aromatic rings. The molecule has 35 heavy (non-hydrogen) atoms. The summed E-state index contributed by atoms with van der Waals surface area (Å²) < 4.78 is 50.0. The Morgan fingerprint density at radius 2 is 2.03 bits per heavy atom. The van der Waals surface area contributed by atoms with Crippen molar-refractivity contribution in [2.75, 3.05) is 6.54 Å². The summed E-state index contributed by atoms with van der Waals surface area (Å²) in [5.74, 6) is -1.61. The smallest absolute Gasteiger partial charge is 0.417 e. The SMILES string of the molecule is C=CCC1(S(=O)(=O)NC2=C(F)C(C)(N(C(=O)OC(C)(C)C)C3=CC=CCN3)C(=O)C(C)=C2I)CC1. The number of sulfonamides is 1. The zero-order chi connectivity index (χ0) is 26.4. The molecule has 192 valence electrons. The molecule has 3 aliphatic rings. The number of nitrogens with zero attached hydrogens (tertiary/aromatic N) is 1. The van der Waals surface area contributed by atoms with Gasteiger partial charge in [-0.05, 0) is 82.5 Å². The number of carbonyl (C=O) groups excluding carboxylic acids is 2. The predicted molar refractivity (Wildman–Crippen MR) is 140 cm³/mol. The van der Waals surface area contributed by atoms with Crippen LogP contribution in [0.2, 0.25) is 0 Å². The molecule has 1 amide bonds. The molecule has 11 heteroatoms. The molecule has 2 aliphatic carbocycles. The van der Waals surface area contributed by atoms with E-state index in [0.717, 1.165) is 4.90 Å². The molecule has 1 saturated carbocycles. The van der Waals surface area contributed by atoms with E-state index in [-0.39, 0.29) is 27.1 Å². The van der Waals surface area contributed by atoms with Gasteiger partial charge in [-0.25, -0.2) is 22.5 Å². The highest BCUT2D eigenvalue weighted by atomic mass is 127. The minimum Gasteiger partial charge on any atom is -0.443 e. The average Bonchev–Trinajstić information content (AvgIpc) is 3.56. The zero-order valence-corrected chi connectivity index (χ0v) is 23.5. The van der Waals surface area contributed by atoms with Crippen molar-refractivity contribution in [2.45, 2.75) is 69.8 Å². The lowest BCUT2D eigenvalue weighted by Gasteiger charge is -2.43. The lowest BCUT2D eigenvalue weighted by molar-refractivity contribution is -0.124. The second-order valence-electron chi connectivity index (χ2n) is 9.99. The number of nitrogens with one attached hydrogen (secondary N) is 2. The lowest BCUT2D eigenvalue weighted by atomic mass is 9.83. The molecule has 1 fully saturated rings. The van der Waals surface area contributed by atoms with Crippen LogP contribution in [0.1, 0.15) is 53.9 Å². The molecule has 2 N–H and O–H groups in total. The fraction of sp³-hybridized carbons (Fsp3) is 0.500. The molecule has 1 aliphatic heterocycles. The van der Waals surface area contributed by atoms with Crippen molar-refractivity contribution < 1.29 is 27.1 Å². The van der Waals surface area contributed by atoms with Crippen molar-refractivity contribution in [2.24, 2.45) is 0 Å². The fourth-order valence-electron chi connectivity index (χ4n) is 4.04. The normalized spacial score (nSPS) is 24.0. The summed E-state index contributed by atoms with van der Waals surface area (Å²) >= 11 is 1.76. The van der Waals surface area contributed by atoms with Gasteiger partial charge in [-0.2, -0.15) is 0 Å². The molecular formula is C24H31FIN3O5S. The number of hydrogen-bond acceptors (Lipinski definition) is 6. The van der Waals surface area contributed by atoms with E-state index in [1.807, 2.05) is 0 Å². The number of dihydropyridines is 1. The van der Waals surface area contributed by atoms with Crippen LogP contribution in [0.4, 0.5) is 9.18 Å². The molecule has 3 rings (SSSR count). The third-order valence-corrected chi connectivity index (χ3v) is 9.70. The van der Waals surface area contributed by atoms with E-state index in [2.05, 4.69) is 16.6 Å². The van der Waals surface area contributed by atoms with Crippen molar-refractivity contribution in [3.05, 3.63) is 57.4 Å². The quantitative estimate of drug-likeness (QED) is 0.322. The Hall–Kier alpha value is -2.15. The Balaban J connectivity index is 2.18. The fourth-order valence-corrected chi connectivity index (χ4v) is 6.49. The molecule has 0 radical (unpaired) electrons. The first-order chi connectivity index (χ1) is 16.1. The zero-order valence-electron chi connectivity index (χ0n) is 20.5. The molecule has 1 heterocycles. The van der Waals surface area contributed by atoms with Crippen molar-refractivity contribution >= 4 is 44.5 Å². The summed E-state index contributed by atoms with van der Waals surface area (Å²) in [5.41, 5.74) is -3.35. The third-order valence-electron chi connectivity index (χ3n) is 6.16. The Morgan fingerprint density at radius 1 is 1.40 bits per heavy atom. The van der Waals surface area contributed by atoms with Gasteiger partial charge in [0.25, 0.3) is 0 Å². The van der Waals surface area contributed by atoms with Crippen LogP contribution in [0, 0.1) is 0 Å². The topological polar surface area (TPSA) is 105 Å². The summed E-state index contributed by atoms with van der Waals surface area (Å²) in [5, 5.41) is 2.98. The van der Waals surface area contributed by atoms with Gasteiger partial charge in [0.05, 0.1) is 10.4 Å². The number of hydrogen-bond donors (Lipinski definition) is 2. The molecule has 0 aromatic carbocycles. The van der Waals surface area contributed by atoms with Gasteiger partial charge in [0.1, 0.15) is 11.4 Å². The van der Waals surface area contributed by atoms with E-state index in [1.54, 1.807) is 55.5 Å². The van der Waals surface area contributed by atoms with Crippen LogP contribution in [0.3, 0.4) is 0 Å². The number of ether oxygens (including phenoxy) is 1. The number of amides is 1. The van der Waals surface area contributed by atoms with E-state index < -0.39 is 43.6 Å². The van der Waals surface area contributed by atoms with Crippen molar-refractivity contribution in [1.82, 2.24) is 14.9 Å². The molecule has 1 atom stereocenters. The third kappa shape index (κ3) is 4.93. The van der Waals surface area contributed by atoms with Crippen molar-refractivity contribution in [1.29, 1.82) is 0 Å². The van der Waals surface area contributed by atoms with Gasteiger partial charge in [-0.15, -0.1) is 6.58 Å². The van der Waals surface area contributed by atoms with Crippen LogP contribution >= 0.6 is 22.6 Å². The first kappa shape index (κ1) is 27.4. The van der Waals surface area contributed by atoms with Gasteiger partial charge in [0, 0.05) is 15.7 Å². The number of rotatable bonds is 7. The summed E-state index contributed by atoms with van der Waals surface area (Å²) in [4.78, 5) is 27.9. The van der Waals surface area contributed by atoms with Gasteiger partial charge in [0.15, 0.2) is 17.1 Å². The first-order valence-corrected chi connectivity index (χ1v) is 13.8. The predicted octanol–water partition coefficient (Wildman–Crippen LogP) is 4.48. The molecule has 0 saturated heterocycles. The maximum Gasteiger partial charge on any atom is 0.417 e. The largest absolute Gasteiger partial charge is 0.443 e. The monoisotopic (exact) mass is 619 g/mol. The van der Waals surface area contributed by atoms with Crippen LogP contribution in [0.15, 0.2) is 57.4 Å². The number of ketones is 1. The number of allylic oxidation sites excluding steroid dienone is 4. The molecule has 1 unspecified atom stereocenters. The second-order valence-corrected chi connectivity index (χ2v) is 13.1. The maximum atomic E-state index is 16.4. The Labute approximate surface area is 219 Å². The molecular weight excluding hydrogens is 588 g/mol. The molecule has 0 spiro atoms. The van der Waals surface area contributed by atoms with Crippen LogP contribution in [-0.2, 0) is 19.6 Å². The lowest BCUT2D eigenvalue weighted by Crippen LogP contribution is -2.60. The van der Waals surface area contributed by atoms with E-state index in [0.29, 0.717) is 19.4 Å². The van der Waals surface area contributed by atoms with Crippen molar-refractivity contribution in [3.8, 4) is 0 Å². The summed E-state index contributed by atoms with van der Waals surface area (Å²) in [6.45, 7) is 11.7.